The molecule has 4 nitrogen and oxygen atoms in total. The highest BCUT2D eigenvalue weighted by atomic mass is 32.1. The first-order chi connectivity index (χ1) is 11.2. The Labute approximate surface area is 140 Å². The summed E-state index contributed by atoms with van der Waals surface area (Å²) in [6, 6.07) is 6.11. The SMILES string of the molecule is COc1cc2c(cc1OC)CN(C(=O)CCc1ccsc1)CC2. The van der Waals surface area contributed by atoms with Crippen LogP contribution in [0.25, 0.3) is 0 Å². The zero-order chi connectivity index (χ0) is 16.2. The molecule has 23 heavy (non-hydrogen) atoms. The van der Waals surface area contributed by atoms with Crippen molar-refractivity contribution in [1.82, 2.24) is 4.90 Å². The van der Waals surface area contributed by atoms with Gasteiger partial charge in [0.25, 0.3) is 0 Å². The second kappa shape index (κ2) is 7.04. The van der Waals surface area contributed by atoms with Crippen LogP contribution in [0.3, 0.4) is 0 Å². The summed E-state index contributed by atoms with van der Waals surface area (Å²) in [4.78, 5) is 14.4. The van der Waals surface area contributed by atoms with E-state index >= 15 is 0 Å². The summed E-state index contributed by atoms with van der Waals surface area (Å²) in [5.41, 5.74) is 3.63. The van der Waals surface area contributed by atoms with Crippen LogP contribution in [0.15, 0.2) is 29.0 Å². The van der Waals surface area contributed by atoms with E-state index in [1.165, 1.54) is 11.1 Å². The monoisotopic (exact) mass is 331 g/mol. The lowest BCUT2D eigenvalue weighted by atomic mass is 9.98. The van der Waals surface area contributed by atoms with E-state index < -0.39 is 0 Å². The Hall–Kier alpha value is -2.01. The number of rotatable bonds is 5. The number of hydrogen-bond acceptors (Lipinski definition) is 4. The molecule has 0 saturated carbocycles. The predicted molar refractivity (Wildman–Crippen MR) is 91.3 cm³/mol. The maximum atomic E-state index is 12.5. The van der Waals surface area contributed by atoms with E-state index in [4.69, 9.17) is 9.47 Å². The molecule has 0 aliphatic carbocycles. The van der Waals surface area contributed by atoms with Crippen molar-refractivity contribution >= 4 is 17.2 Å². The van der Waals surface area contributed by atoms with Gasteiger partial charge in [-0.25, -0.2) is 0 Å². The minimum atomic E-state index is 0.219. The highest BCUT2D eigenvalue weighted by Gasteiger charge is 2.22. The van der Waals surface area contributed by atoms with Crippen molar-refractivity contribution in [3.8, 4) is 11.5 Å². The minimum absolute atomic E-state index is 0.219. The van der Waals surface area contributed by atoms with Gasteiger partial charge in [0.2, 0.25) is 5.91 Å². The van der Waals surface area contributed by atoms with E-state index in [1.54, 1.807) is 25.6 Å². The highest BCUT2D eigenvalue weighted by molar-refractivity contribution is 7.07. The number of methoxy groups -OCH3 is 2. The predicted octanol–water partition coefficient (Wildman–Crippen LogP) is 3.28. The van der Waals surface area contributed by atoms with Crippen molar-refractivity contribution < 1.29 is 14.3 Å². The summed E-state index contributed by atoms with van der Waals surface area (Å²) in [6.45, 7) is 1.42. The summed E-state index contributed by atoms with van der Waals surface area (Å²) in [7, 11) is 3.28. The van der Waals surface area contributed by atoms with E-state index in [9.17, 15) is 4.79 Å². The second-order valence-electron chi connectivity index (χ2n) is 5.67. The summed E-state index contributed by atoms with van der Waals surface area (Å²) >= 11 is 1.67. The van der Waals surface area contributed by atoms with Crippen LogP contribution >= 0.6 is 11.3 Å². The first kappa shape index (κ1) is 15.9. The van der Waals surface area contributed by atoms with Gasteiger partial charge in [-0.15, -0.1) is 0 Å². The van der Waals surface area contributed by atoms with Gasteiger partial charge < -0.3 is 14.4 Å². The van der Waals surface area contributed by atoms with E-state index in [2.05, 4.69) is 16.8 Å². The number of aryl methyl sites for hydroxylation is 1. The van der Waals surface area contributed by atoms with Crippen LogP contribution in [0.5, 0.6) is 11.5 Å². The fraction of sp³-hybridized carbons (Fsp3) is 0.389. The lowest BCUT2D eigenvalue weighted by molar-refractivity contribution is -0.132. The molecule has 1 amide bonds. The van der Waals surface area contributed by atoms with Gasteiger partial charge in [-0.05, 0) is 58.5 Å². The van der Waals surface area contributed by atoms with Gasteiger partial charge in [-0.2, -0.15) is 11.3 Å². The Kier molecular flexibility index (Phi) is 4.86. The highest BCUT2D eigenvalue weighted by Crippen LogP contribution is 2.33. The molecule has 5 heteroatoms. The lowest BCUT2D eigenvalue weighted by Crippen LogP contribution is -2.36. The molecule has 0 N–H and O–H groups in total. The van der Waals surface area contributed by atoms with Crippen LogP contribution < -0.4 is 9.47 Å². The molecule has 0 atom stereocenters. The topological polar surface area (TPSA) is 38.8 Å². The molecule has 122 valence electrons. The average molecular weight is 331 g/mol. The number of amides is 1. The Morgan fingerprint density at radius 1 is 1.22 bits per heavy atom. The molecule has 0 unspecified atom stereocenters. The molecule has 0 fully saturated rings. The molecule has 0 bridgehead atoms. The van der Waals surface area contributed by atoms with Gasteiger partial charge >= 0.3 is 0 Å². The van der Waals surface area contributed by atoms with Crippen molar-refractivity contribution in [3.63, 3.8) is 0 Å². The molecule has 0 spiro atoms. The molecule has 1 aliphatic heterocycles. The molecule has 3 rings (SSSR count). The molecule has 1 aromatic carbocycles. The first-order valence-corrected chi connectivity index (χ1v) is 8.68. The van der Waals surface area contributed by atoms with Crippen molar-refractivity contribution in [2.45, 2.75) is 25.8 Å². The molecule has 0 radical (unpaired) electrons. The first-order valence-electron chi connectivity index (χ1n) is 7.74. The number of carbonyl (C=O) groups excluding carboxylic acids is 1. The number of thiophene rings is 1. The van der Waals surface area contributed by atoms with Gasteiger partial charge in [0.15, 0.2) is 11.5 Å². The molecule has 1 aromatic heterocycles. The maximum absolute atomic E-state index is 12.5. The molecular weight excluding hydrogens is 310 g/mol. The van der Waals surface area contributed by atoms with Crippen LogP contribution in [0.1, 0.15) is 23.1 Å². The van der Waals surface area contributed by atoms with Crippen molar-refractivity contribution in [3.05, 3.63) is 45.6 Å². The summed E-state index contributed by atoms with van der Waals surface area (Å²) in [5, 5.41) is 4.16. The second-order valence-corrected chi connectivity index (χ2v) is 6.45. The summed E-state index contributed by atoms with van der Waals surface area (Å²) in [6.07, 6.45) is 2.25. The molecule has 2 heterocycles. The van der Waals surface area contributed by atoms with E-state index in [1.807, 2.05) is 17.0 Å². The number of nitrogens with zero attached hydrogens (tertiary/aromatic N) is 1. The fourth-order valence-electron chi connectivity index (χ4n) is 2.94. The normalized spacial score (nSPS) is 13.6. The Bertz CT molecular complexity index is 682. The van der Waals surface area contributed by atoms with Gasteiger partial charge in [-0.3, -0.25) is 4.79 Å². The number of hydrogen-bond donors (Lipinski definition) is 0. The number of fused-ring (bicyclic) bond motifs is 1. The Morgan fingerprint density at radius 3 is 2.61 bits per heavy atom. The number of benzene rings is 1. The van der Waals surface area contributed by atoms with E-state index in [0.717, 1.165) is 36.4 Å². The molecular formula is C18H21NO3S. The summed E-state index contributed by atoms with van der Waals surface area (Å²) in [5.74, 6) is 1.69. The van der Waals surface area contributed by atoms with Crippen LogP contribution in [0.2, 0.25) is 0 Å². The van der Waals surface area contributed by atoms with Crippen molar-refractivity contribution in [2.24, 2.45) is 0 Å². The van der Waals surface area contributed by atoms with Crippen molar-refractivity contribution in [1.29, 1.82) is 0 Å². The average Bonchev–Trinajstić information content (AvgIpc) is 3.11. The number of carbonyl (C=O) groups is 1. The maximum Gasteiger partial charge on any atom is 0.223 e. The minimum Gasteiger partial charge on any atom is -0.493 e. The Balaban J connectivity index is 1.68. The lowest BCUT2D eigenvalue weighted by Gasteiger charge is -2.29. The third-order valence-corrected chi connectivity index (χ3v) is 5.01. The smallest absolute Gasteiger partial charge is 0.223 e. The third-order valence-electron chi connectivity index (χ3n) is 4.28. The quantitative estimate of drug-likeness (QED) is 0.844. The zero-order valence-electron chi connectivity index (χ0n) is 13.5. The van der Waals surface area contributed by atoms with Gasteiger partial charge in [-0.1, -0.05) is 0 Å². The zero-order valence-corrected chi connectivity index (χ0v) is 14.3. The summed E-state index contributed by atoms with van der Waals surface area (Å²) < 4.78 is 10.7. The van der Waals surface area contributed by atoms with Crippen LogP contribution in [0, 0.1) is 0 Å². The molecule has 0 saturated heterocycles. The standard InChI is InChI=1S/C18H21NO3S/c1-21-16-9-14-5-7-19(11-15(14)10-17(16)22-2)18(20)4-3-13-6-8-23-12-13/h6,8-10,12H,3-5,7,11H2,1-2H3. The van der Waals surface area contributed by atoms with Crippen LogP contribution in [0.4, 0.5) is 0 Å². The molecule has 2 aromatic rings. The van der Waals surface area contributed by atoms with Gasteiger partial charge in [0.05, 0.1) is 14.2 Å². The largest absolute Gasteiger partial charge is 0.493 e. The molecule has 1 aliphatic rings. The number of ether oxygens (including phenoxy) is 2. The third kappa shape index (κ3) is 3.50. The van der Waals surface area contributed by atoms with Crippen LogP contribution in [-0.4, -0.2) is 31.6 Å². The van der Waals surface area contributed by atoms with Gasteiger partial charge in [0.1, 0.15) is 0 Å². The van der Waals surface area contributed by atoms with E-state index in [-0.39, 0.29) is 5.91 Å². The van der Waals surface area contributed by atoms with Crippen molar-refractivity contribution in [2.75, 3.05) is 20.8 Å². The van der Waals surface area contributed by atoms with Gasteiger partial charge in [0, 0.05) is 19.5 Å². The van der Waals surface area contributed by atoms with E-state index in [0.29, 0.717) is 13.0 Å². The van der Waals surface area contributed by atoms with Crippen LogP contribution in [-0.2, 0) is 24.2 Å². The Morgan fingerprint density at radius 2 is 1.96 bits per heavy atom. The fourth-order valence-corrected chi connectivity index (χ4v) is 3.64.